The minimum atomic E-state index is -0.203. The molecule has 0 N–H and O–H groups in total. The van der Waals surface area contributed by atoms with Crippen LogP contribution in [-0.4, -0.2) is 6.29 Å². The van der Waals surface area contributed by atoms with Crippen LogP contribution in [0.1, 0.15) is 18.9 Å². The largest absolute Gasteiger partial charge is 0.303 e. The van der Waals surface area contributed by atoms with Gasteiger partial charge in [0.05, 0.1) is 0 Å². The summed E-state index contributed by atoms with van der Waals surface area (Å²) >= 11 is 3.28. The first-order valence-corrected chi connectivity index (χ1v) is 5.32. The lowest BCUT2D eigenvalue weighted by Crippen LogP contribution is -1.99. The van der Waals surface area contributed by atoms with E-state index in [0.29, 0.717) is 18.4 Å². The van der Waals surface area contributed by atoms with Crippen molar-refractivity contribution >= 4 is 22.2 Å². The summed E-state index contributed by atoms with van der Waals surface area (Å²) in [5.41, 5.74) is 0.660. The maximum absolute atomic E-state index is 13.2. The normalized spacial score (nSPS) is 12.5. The van der Waals surface area contributed by atoms with E-state index in [1.165, 1.54) is 6.07 Å². The first kappa shape index (κ1) is 11.4. The Morgan fingerprint density at radius 2 is 2.29 bits per heavy atom. The van der Waals surface area contributed by atoms with E-state index in [4.69, 9.17) is 0 Å². The van der Waals surface area contributed by atoms with E-state index < -0.39 is 0 Å². The number of aldehydes is 1. The molecule has 0 bridgehead atoms. The molecule has 1 aromatic carbocycles. The number of hydrogen-bond donors (Lipinski definition) is 0. The molecule has 0 spiro atoms. The molecule has 1 nitrogen and oxygen atoms in total. The molecule has 0 aliphatic carbocycles. The molecule has 0 aliphatic rings. The lowest BCUT2D eigenvalue weighted by Gasteiger charge is -2.05. The lowest BCUT2D eigenvalue weighted by atomic mass is 10.0. The Kier molecular flexibility index (Phi) is 4.26. The Bertz CT molecular complexity index is 325. The molecule has 0 saturated heterocycles. The van der Waals surface area contributed by atoms with Gasteiger partial charge in [0.2, 0.25) is 0 Å². The molecular formula is C11H12BrFO. The fraction of sp³-hybridized carbons (Fsp3) is 0.364. The van der Waals surface area contributed by atoms with Crippen molar-refractivity contribution in [2.24, 2.45) is 5.92 Å². The highest BCUT2D eigenvalue weighted by atomic mass is 79.9. The monoisotopic (exact) mass is 258 g/mol. The van der Waals surface area contributed by atoms with Crippen molar-refractivity contribution in [3.63, 3.8) is 0 Å². The van der Waals surface area contributed by atoms with Gasteiger partial charge in [-0.25, -0.2) is 4.39 Å². The summed E-state index contributed by atoms with van der Waals surface area (Å²) in [7, 11) is 0. The van der Waals surface area contributed by atoms with Crippen LogP contribution in [0.5, 0.6) is 0 Å². The van der Waals surface area contributed by atoms with Crippen LogP contribution in [0, 0.1) is 11.7 Å². The van der Waals surface area contributed by atoms with Gasteiger partial charge in [-0.15, -0.1) is 0 Å². The highest BCUT2D eigenvalue weighted by Crippen LogP contribution is 2.18. The van der Waals surface area contributed by atoms with Crippen LogP contribution in [0.15, 0.2) is 22.7 Å². The maximum Gasteiger partial charge on any atom is 0.126 e. The standard InChI is InChI=1S/C11H12BrFO/c1-8(7-14)2-3-9-6-10(12)4-5-11(9)13/h4-8H,2-3H2,1H3. The van der Waals surface area contributed by atoms with Crippen molar-refractivity contribution in [2.75, 3.05) is 0 Å². The summed E-state index contributed by atoms with van der Waals surface area (Å²) in [5, 5.41) is 0. The summed E-state index contributed by atoms with van der Waals surface area (Å²) in [4.78, 5) is 10.4. The van der Waals surface area contributed by atoms with E-state index in [-0.39, 0.29) is 11.7 Å². The predicted molar refractivity (Wildman–Crippen MR) is 57.6 cm³/mol. The molecule has 1 rings (SSSR count). The maximum atomic E-state index is 13.2. The van der Waals surface area contributed by atoms with Gasteiger partial charge in [0.1, 0.15) is 12.1 Å². The van der Waals surface area contributed by atoms with Crippen LogP contribution >= 0.6 is 15.9 Å². The van der Waals surface area contributed by atoms with Crippen LogP contribution in [0.2, 0.25) is 0 Å². The van der Waals surface area contributed by atoms with E-state index in [1.807, 2.05) is 6.92 Å². The molecule has 1 atom stereocenters. The molecule has 3 heteroatoms. The summed E-state index contributed by atoms with van der Waals surface area (Å²) in [6, 6.07) is 4.86. The number of halogens is 2. The summed E-state index contributed by atoms with van der Waals surface area (Å²) < 4.78 is 14.1. The number of hydrogen-bond acceptors (Lipinski definition) is 1. The quantitative estimate of drug-likeness (QED) is 0.758. The zero-order chi connectivity index (χ0) is 10.6. The van der Waals surface area contributed by atoms with Gasteiger partial charge in [0.15, 0.2) is 0 Å². The van der Waals surface area contributed by atoms with Crippen molar-refractivity contribution < 1.29 is 9.18 Å². The van der Waals surface area contributed by atoms with Crippen LogP contribution in [0.25, 0.3) is 0 Å². The molecular weight excluding hydrogens is 247 g/mol. The molecule has 0 aromatic heterocycles. The van der Waals surface area contributed by atoms with Gasteiger partial charge in [-0.2, -0.15) is 0 Å². The van der Waals surface area contributed by atoms with E-state index >= 15 is 0 Å². The topological polar surface area (TPSA) is 17.1 Å². The summed E-state index contributed by atoms with van der Waals surface area (Å²) in [6.45, 7) is 1.84. The molecule has 14 heavy (non-hydrogen) atoms. The van der Waals surface area contributed by atoms with Gasteiger partial charge < -0.3 is 4.79 Å². The zero-order valence-corrected chi connectivity index (χ0v) is 9.55. The Morgan fingerprint density at radius 3 is 2.93 bits per heavy atom. The second-order valence-electron chi connectivity index (χ2n) is 3.39. The average Bonchev–Trinajstić information content (AvgIpc) is 2.19. The second kappa shape index (κ2) is 5.25. The number of carbonyl (C=O) groups is 1. The zero-order valence-electron chi connectivity index (χ0n) is 7.97. The van der Waals surface area contributed by atoms with Gasteiger partial charge in [-0.3, -0.25) is 0 Å². The molecule has 0 aliphatic heterocycles. The number of benzene rings is 1. The Labute approximate surface area is 91.5 Å². The molecule has 0 saturated carbocycles. The van der Waals surface area contributed by atoms with Gasteiger partial charge in [0, 0.05) is 10.4 Å². The Morgan fingerprint density at radius 1 is 1.57 bits per heavy atom. The van der Waals surface area contributed by atoms with Gasteiger partial charge >= 0.3 is 0 Å². The average molecular weight is 259 g/mol. The van der Waals surface area contributed by atoms with E-state index in [2.05, 4.69) is 15.9 Å². The first-order chi connectivity index (χ1) is 6.63. The van der Waals surface area contributed by atoms with Crippen molar-refractivity contribution in [1.29, 1.82) is 0 Å². The smallest absolute Gasteiger partial charge is 0.126 e. The van der Waals surface area contributed by atoms with E-state index in [0.717, 1.165) is 10.8 Å². The fourth-order valence-electron chi connectivity index (χ4n) is 1.19. The summed E-state index contributed by atoms with van der Waals surface area (Å²) in [5.74, 6) is -0.209. The molecule has 0 amide bonds. The molecule has 1 aromatic rings. The lowest BCUT2D eigenvalue weighted by molar-refractivity contribution is -0.110. The van der Waals surface area contributed by atoms with E-state index in [1.54, 1.807) is 12.1 Å². The molecule has 0 fully saturated rings. The summed E-state index contributed by atoms with van der Waals surface area (Å²) in [6.07, 6.45) is 2.19. The SMILES string of the molecule is CC(C=O)CCc1cc(Br)ccc1F. The Balaban J connectivity index is 2.66. The molecule has 0 heterocycles. The number of aryl methyl sites for hydroxylation is 1. The Hall–Kier alpha value is -0.700. The van der Waals surface area contributed by atoms with Gasteiger partial charge in [0.25, 0.3) is 0 Å². The number of rotatable bonds is 4. The third-order valence-electron chi connectivity index (χ3n) is 2.11. The van der Waals surface area contributed by atoms with E-state index in [9.17, 15) is 9.18 Å². The predicted octanol–water partition coefficient (Wildman–Crippen LogP) is 3.36. The van der Waals surface area contributed by atoms with Crippen molar-refractivity contribution in [3.05, 3.63) is 34.1 Å². The third-order valence-corrected chi connectivity index (χ3v) is 2.60. The van der Waals surface area contributed by atoms with Crippen LogP contribution in [0.4, 0.5) is 4.39 Å². The first-order valence-electron chi connectivity index (χ1n) is 4.52. The highest BCUT2D eigenvalue weighted by Gasteiger charge is 2.05. The molecule has 0 radical (unpaired) electrons. The minimum absolute atomic E-state index is 0.00613. The van der Waals surface area contributed by atoms with Crippen LogP contribution < -0.4 is 0 Å². The van der Waals surface area contributed by atoms with Gasteiger partial charge in [-0.05, 0) is 36.6 Å². The fourth-order valence-corrected chi connectivity index (χ4v) is 1.59. The highest BCUT2D eigenvalue weighted by molar-refractivity contribution is 9.10. The van der Waals surface area contributed by atoms with Crippen molar-refractivity contribution in [3.8, 4) is 0 Å². The minimum Gasteiger partial charge on any atom is -0.303 e. The van der Waals surface area contributed by atoms with Crippen molar-refractivity contribution in [2.45, 2.75) is 19.8 Å². The van der Waals surface area contributed by atoms with Crippen molar-refractivity contribution in [1.82, 2.24) is 0 Å². The van der Waals surface area contributed by atoms with Crippen LogP contribution in [0.3, 0.4) is 0 Å². The third kappa shape index (κ3) is 3.22. The van der Waals surface area contributed by atoms with Crippen LogP contribution in [-0.2, 0) is 11.2 Å². The number of carbonyl (C=O) groups excluding carboxylic acids is 1. The second-order valence-corrected chi connectivity index (χ2v) is 4.30. The van der Waals surface area contributed by atoms with Gasteiger partial charge in [-0.1, -0.05) is 22.9 Å². The molecule has 76 valence electrons. The molecule has 1 unspecified atom stereocenters.